The topological polar surface area (TPSA) is 50.3 Å². The summed E-state index contributed by atoms with van der Waals surface area (Å²) in [7, 11) is -4.07. The third-order valence-electron chi connectivity index (χ3n) is 3.26. The Kier molecular flexibility index (Phi) is 4.72. The second-order valence-corrected chi connectivity index (χ2v) is 7.39. The van der Waals surface area contributed by atoms with Gasteiger partial charge in [-0.2, -0.15) is 17.5 Å². The van der Waals surface area contributed by atoms with E-state index in [1.165, 1.54) is 0 Å². The maximum atomic E-state index is 12.7. The molecule has 1 aromatic heterocycles. The van der Waals surface area contributed by atoms with Crippen molar-refractivity contribution in [1.82, 2.24) is 9.29 Å². The van der Waals surface area contributed by atoms with Crippen molar-refractivity contribution in [2.45, 2.75) is 23.9 Å². The van der Waals surface area contributed by atoms with E-state index >= 15 is 0 Å². The predicted molar refractivity (Wildman–Crippen MR) is 71.8 cm³/mol. The first-order valence-corrected chi connectivity index (χ1v) is 8.20. The maximum absolute atomic E-state index is 12.7. The van der Waals surface area contributed by atoms with Crippen molar-refractivity contribution in [2.75, 3.05) is 13.1 Å². The smallest absolute Gasteiger partial charge is 0.242 e. The first-order chi connectivity index (χ1) is 9.62. The summed E-state index contributed by atoms with van der Waals surface area (Å²) in [6, 6.07) is 1.09. The molecule has 118 valence electrons. The van der Waals surface area contributed by atoms with Crippen LogP contribution in [-0.2, 0) is 10.0 Å². The van der Waals surface area contributed by atoms with Crippen LogP contribution in [-0.4, -0.2) is 37.0 Å². The molecule has 1 aliphatic heterocycles. The van der Waals surface area contributed by atoms with Crippen molar-refractivity contribution < 1.29 is 21.6 Å². The standard InChI is InChI=1S/C11H11Cl2F3N2O2S/c12-9-4-8(5-17-10(9)13)21(19,20)18-3-1-2-7(6-18)11(14,15)16/h4-5,7H,1-3,6H2. The molecule has 1 aromatic rings. The summed E-state index contributed by atoms with van der Waals surface area (Å²) < 4.78 is 63.7. The molecule has 1 saturated heterocycles. The third kappa shape index (κ3) is 3.61. The van der Waals surface area contributed by atoms with Gasteiger partial charge in [-0.3, -0.25) is 0 Å². The van der Waals surface area contributed by atoms with Gasteiger partial charge < -0.3 is 0 Å². The van der Waals surface area contributed by atoms with E-state index in [-0.39, 0.29) is 34.5 Å². The van der Waals surface area contributed by atoms with Gasteiger partial charge in [-0.15, -0.1) is 0 Å². The zero-order valence-electron chi connectivity index (χ0n) is 10.6. The first kappa shape index (κ1) is 16.8. The number of piperidine rings is 1. The average molecular weight is 363 g/mol. The van der Waals surface area contributed by atoms with Crippen LogP contribution in [0.15, 0.2) is 17.2 Å². The van der Waals surface area contributed by atoms with Gasteiger partial charge in [0.2, 0.25) is 10.0 Å². The van der Waals surface area contributed by atoms with Gasteiger partial charge in [0.05, 0.1) is 10.9 Å². The van der Waals surface area contributed by atoms with Crippen LogP contribution >= 0.6 is 23.2 Å². The normalized spacial score (nSPS) is 21.5. The lowest BCUT2D eigenvalue weighted by Crippen LogP contribution is -2.44. The molecule has 0 bridgehead atoms. The summed E-state index contributed by atoms with van der Waals surface area (Å²) in [6.07, 6.45) is -3.35. The van der Waals surface area contributed by atoms with Gasteiger partial charge in [0.25, 0.3) is 0 Å². The van der Waals surface area contributed by atoms with Crippen LogP contribution in [0, 0.1) is 5.92 Å². The quantitative estimate of drug-likeness (QED) is 0.758. The second kappa shape index (κ2) is 5.91. The molecule has 2 heterocycles. The molecule has 0 N–H and O–H groups in total. The Balaban J connectivity index is 2.28. The molecular formula is C11H11Cl2F3N2O2S. The Bertz CT molecular complexity index is 637. The lowest BCUT2D eigenvalue weighted by atomic mass is 9.99. The summed E-state index contributed by atoms with van der Waals surface area (Å²) in [6.45, 7) is -0.554. The van der Waals surface area contributed by atoms with Gasteiger partial charge >= 0.3 is 6.18 Å². The molecule has 21 heavy (non-hydrogen) atoms. The Morgan fingerprint density at radius 1 is 1.33 bits per heavy atom. The second-order valence-electron chi connectivity index (χ2n) is 4.69. The van der Waals surface area contributed by atoms with Crippen molar-refractivity contribution >= 4 is 33.2 Å². The van der Waals surface area contributed by atoms with Crippen LogP contribution in [0.3, 0.4) is 0 Å². The van der Waals surface area contributed by atoms with Gasteiger partial charge in [-0.05, 0) is 18.9 Å². The molecule has 0 saturated carbocycles. The fraction of sp³-hybridized carbons (Fsp3) is 0.545. The number of rotatable bonds is 2. The fourth-order valence-corrected chi connectivity index (χ4v) is 3.95. The number of halogens is 5. The molecule has 0 aliphatic carbocycles. The molecule has 1 atom stereocenters. The molecule has 1 unspecified atom stereocenters. The van der Waals surface area contributed by atoms with Crippen LogP contribution in [0.2, 0.25) is 10.2 Å². The third-order valence-corrected chi connectivity index (χ3v) is 5.77. The monoisotopic (exact) mass is 362 g/mol. The maximum Gasteiger partial charge on any atom is 0.393 e. The minimum Gasteiger partial charge on any atom is -0.242 e. The molecule has 0 aromatic carbocycles. The van der Waals surface area contributed by atoms with Crippen LogP contribution in [0.5, 0.6) is 0 Å². The van der Waals surface area contributed by atoms with Gasteiger partial charge in [0.1, 0.15) is 10.0 Å². The highest BCUT2D eigenvalue weighted by Gasteiger charge is 2.44. The Morgan fingerprint density at radius 3 is 2.57 bits per heavy atom. The molecule has 1 fully saturated rings. The molecule has 0 amide bonds. The van der Waals surface area contributed by atoms with Gasteiger partial charge in [-0.1, -0.05) is 23.2 Å². The number of alkyl halides is 3. The van der Waals surface area contributed by atoms with E-state index in [9.17, 15) is 21.6 Å². The molecule has 0 spiro atoms. The number of aromatic nitrogens is 1. The molecule has 1 aliphatic rings. The number of pyridine rings is 1. The largest absolute Gasteiger partial charge is 0.393 e. The molecular weight excluding hydrogens is 352 g/mol. The minimum absolute atomic E-state index is 0.0369. The lowest BCUT2D eigenvalue weighted by molar-refractivity contribution is -0.182. The first-order valence-electron chi connectivity index (χ1n) is 6.00. The lowest BCUT2D eigenvalue weighted by Gasteiger charge is -2.32. The zero-order chi connectivity index (χ0) is 15.8. The number of hydrogen-bond donors (Lipinski definition) is 0. The highest BCUT2D eigenvalue weighted by atomic mass is 35.5. The SMILES string of the molecule is O=S(=O)(c1cnc(Cl)c(Cl)c1)N1CCCC(C(F)(F)F)C1. The zero-order valence-corrected chi connectivity index (χ0v) is 12.9. The van der Waals surface area contributed by atoms with Crippen molar-refractivity contribution in [3.8, 4) is 0 Å². The van der Waals surface area contributed by atoms with Crippen molar-refractivity contribution in [2.24, 2.45) is 5.92 Å². The van der Waals surface area contributed by atoms with E-state index in [0.717, 1.165) is 16.6 Å². The van der Waals surface area contributed by atoms with E-state index in [1.54, 1.807) is 0 Å². The fourth-order valence-electron chi connectivity index (χ4n) is 2.12. The van der Waals surface area contributed by atoms with E-state index < -0.39 is 28.7 Å². The predicted octanol–water partition coefficient (Wildman–Crippen LogP) is 3.35. The molecule has 2 rings (SSSR count). The van der Waals surface area contributed by atoms with Crippen molar-refractivity contribution in [3.05, 3.63) is 22.4 Å². The summed E-state index contributed by atoms with van der Waals surface area (Å²) in [4.78, 5) is 3.35. The van der Waals surface area contributed by atoms with E-state index in [1.807, 2.05) is 0 Å². The van der Waals surface area contributed by atoms with Crippen LogP contribution in [0.4, 0.5) is 13.2 Å². The summed E-state index contributed by atoms with van der Waals surface area (Å²) in [5.74, 6) is -1.66. The van der Waals surface area contributed by atoms with Crippen LogP contribution < -0.4 is 0 Å². The summed E-state index contributed by atoms with van der Waals surface area (Å²) in [5.41, 5.74) is 0. The highest BCUT2D eigenvalue weighted by Crippen LogP contribution is 2.35. The van der Waals surface area contributed by atoms with Gasteiger partial charge in [0, 0.05) is 19.3 Å². The number of hydrogen-bond acceptors (Lipinski definition) is 3. The summed E-state index contributed by atoms with van der Waals surface area (Å²) >= 11 is 11.3. The molecule has 10 heteroatoms. The van der Waals surface area contributed by atoms with Crippen LogP contribution in [0.25, 0.3) is 0 Å². The van der Waals surface area contributed by atoms with Crippen molar-refractivity contribution in [3.63, 3.8) is 0 Å². The highest BCUT2D eigenvalue weighted by molar-refractivity contribution is 7.89. The van der Waals surface area contributed by atoms with Crippen molar-refractivity contribution in [1.29, 1.82) is 0 Å². The number of sulfonamides is 1. The van der Waals surface area contributed by atoms with Crippen LogP contribution in [0.1, 0.15) is 12.8 Å². The average Bonchev–Trinajstić information content (AvgIpc) is 2.41. The van der Waals surface area contributed by atoms with Gasteiger partial charge in [-0.25, -0.2) is 13.4 Å². The van der Waals surface area contributed by atoms with E-state index in [2.05, 4.69) is 4.98 Å². The van der Waals surface area contributed by atoms with E-state index in [4.69, 9.17) is 23.2 Å². The molecule has 0 radical (unpaired) electrons. The Morgan fingerprint density at radius 2 is 2.00 bits per heavy atom. The minimum atomic E-state index is -4.41. The number of nitrogens with zero attached hydrogens (tertiary/aromatic N) is 2. The van der Waals surface area contributed by atoms with Gasteiger partial charge in [0.15, 0.2) is 0 Å². The molecule has 4 nitrogen and oxygen atoms in total. The van der Waals surface area contributed by atoms with E-state index in [0.29, 0.717) is 0 Å². The summed E-state index contributed by atoms with van der Waals surface area (Å²) in [5, 5.41) is -0.135. The Labute approximate surface area is 129 Å². The Hall–Kier alpha value is -0.570.